The summed E-state index contributed by atoms with van der Waals surface area (Å²) in [6.07, 6.45) is 4.34. The van der Waals surface area contributed by atoms with Gasteiger partial charge in [-0.1, -0.05) is 27.5 Å². The van der Waals surface area contributed by atoms with Gasteiger partial charge in [0.15, 0.2) is 0 Å². The molecule has 0 amide bonds. The lowest BCUT2D eigenvalue weighted by Gasteiger charge is -2.14. The van der Waals surface area contributed by atoms with E-state index in [1.54, 1.807) is 6.20 Å². The highest BCUT2D eigenvalue weighted by atomic mass is 79.9. The second kappa shape index (κ2) is 5.21. The molecule has 0 saturated heterocycles. The van der Waals surface area contributed by atoms with Crippen LogP contribution < -0.4 is 5.73 Å². The number of nitrogens with zero attached hydrogens (tertiary/aromatic N) is 2. The molecule has 0 bridgehead atoms. The third kappa shape index (κ3) is 2.89. The Morgan fingerprint density at radius 3 is 2.94 bits per heavy atom. The molecule has 1 unspecified atom stereocenters. The molecule has 0 spiro atoms. The highest BCUT2D eigenvalue weighted by Crippen LogP contribution is 2.26. The van der Waals surface area contributed by atoms with Gasteiger partial charge in [-0.25, -0.2) is 4.98 Å². The van der Waals surface area contributed by atoms with Crippen molar-refractivity contribution in [2.75, 3.05) is 0 Å². The SMILES string of the molecule is Cn1ccnc1CC(N)c1cc(Br)ccc1Cl. The van der Waals surface area contributed by atoms with Gasteiger partial charge in [-0.15, -0.1) is 0 Å². The molecule has 90 valence electrons. The Hall–Kier alpha value is -0.840. The highest BCUT2D eigenvalue weighted by molar-refractivity contribution is 9.10. The lowest BCUT2D eigenvalue weighted by atomic mass is 10.0. The molecular weight excluding hydrogens is 302 g/mol. The van der Waals surface area contributed by atoms with Crippen LogP contribution in [0.25, 0.3) is 0 Å². The fraction of sp³-hybridized carbons (Fsp3) is 0.250. The molecule has 1 atom stereocenters. The first-order valence-electron chi connectivity index (χ1n) is 5.24. The van der Waals surface area contributed by atoms with Crippen molar-refractivity contribution < 1.29 is 0 Å². The van der Waals surface area contributed by atoms with Crippen molar-refractivity contribution in [3.8, 4) is 0 Å². The molecule has 1 heterocycles. The van der Waals surface area contributed by atoms with Crippen LogP contribution in [0, 0.1) is 0 Å². The first-order chi connectivity index (χ1) is 8.08. The van der Waals surface area contributed by atoms with Crippen LogP contribution in [0.15, 0.2) is 35.1 Å². The Bertz CT molecular complexity index is 524. The summed E-state index contributed by atoms with van der Waals surface area (Å²) in [4.78, 5) is 4.26. The zero-order valence-corrected chi connectivity index (χ0v) is 11.7. The minimum absolute atomic E-state index is 0.152. The van der Waals surface area contributed by atoms with Crippen molar-refractivity contribution in [3.05, 3.63) is 51.5 Å². The number of hydrogen-bond donors (Lipinski definition) is 1. The molecule has 0 aliphatic carbocycles. The molecule has 0 saturated carbocycles. The van der Waals surface area contributed by atoms with Gasteiger partial charge in [0.25, 0.3) is 0 Å². The van der Waals surface area contributed by atoms with Crippen LogP contribution in [-0.2, 0) is 13.5 Å². The molecule has 1 aromatic heterocycles. The quantitative estimate of drug-likeness (QED) is 0.946. The zero-order chi connectivity index (χ0) is 12.4. The summed E-state index contributed by atoms with van der Waals surface area (Å²) in [6.45, 7) is 0. The van der Waals surface area contributed by atoms with Gasteiger partial charge in [0, 0.05) is 41.4 Å². The number of hydrogen-bond acceptors (Lipinski definition) is 2. The lowest BCUT2D eigenvalue weighted by molar-refractivity contribution is 0.659. The molecule has 2 N–H and O–H groups in total. The van der Waals surface area contributed by atoms with Gasteiger partial charge >= 0.3 is 0 Å². The van der Waals surface area contributed by atoms with Gasteiger partial charge in [-0.2, -0.15) is 0 Å². The predicted molar refractivity (Wildman–Crippen MR) is 73.0 cm³/mol. The van der Waals surface area contributed by atoms with Crippen LogP contribution in [0.4, 0.5) is 0 Å². The lowest BCUT2D eigenvalue weighted by Crippen LogP contribution is -2.16. The summed E-state index contributed by atoms with van der Waals surface area (Å²) in [5.74, 6) is 0.952. The third-order valence-corrected chi connectivity index (χ3v) is 3.52. The van der Waals surface area contributed by atoms with E-state index in [1.807, 2.05) is 36.0 Å². The molecule has 2 aromatic rings. The van der Waals surface area contributed by atoms with Gasteiger partial charge in [0.1, 0.15) is 5.82 Å². The van der Waals surface area contributed by atoms with E-state index in [0.717, 1.165) is 15.9 Å². The van der Waals surface area contributed by atoms with Crippen molar-refractivity contribution in [3.63, 3.8) is 0 Å². The second-order valence-corrected chi connectivity index (χ2v) is 5.25. The number of halogens is 2. The Morgan fingerprint density at radius 2 is 2.29 bits per heavy atom. The number of aryl methyl sites for hydroxylation is 1. The Balaban J connectivity index is 2.23. The van der Waals surface area contributed by atoms with Crippen molar-refractivity contribution in [2.24, 2.45) is 12.8 Å². The minimum Gasteiger partial charge on any atom is -0.338 e. The molecule has 3 nitrogen and oxygen atoms in total. The van der Waals surface area contributed by atoms with E-state index in [2.05, 4.69) is 20.9 Å². The summed E-state index contributed by atoms with van der Waals surface area (Å²) >= 11 is 9.56. The summed E-state index contributed by atoms with van der Waals surface area (Å²) in [6, 6.07) is 5.55. The van der Waals surface area contributed by atoms with E-state index < -0.39 is 0 Å². The van der Waals surface area contributed by atoms with Gasteiger partial charge < -0.3 is 10.3 Å². The second-order valence-electron chi connectivity index (χ2n) is 3.93. The normalized spacial score (nSPS) is 12.7. The van der Waals surface area contributed by atoms with Crippen LogP contribution in [0.5, 0.6) is 0 Å². The molecule has 0 radical (unpaired) electrons. The maximum Gasteiger partial charge on any atom is 0.110 e. The van der Waals surface area contributed by atoms with Crippen LogP contribution in [0.3, 0.4) is 0 Å². The van der Waals surface area contributed by atoms with Gasteiger partial charge in [0.2, 0.25) is 0 Å². The summed E-state index contributed by atoms with van der Waals surface area (Å²) in [5, 5.41) is 0.690. The Kier molecular flexibility index (Phi) is 3.86. The first-order valence-corrected chi connectivity index (χ1v) is 6.41. The molecule has 1 aromatic carbocycles. The molecular formula is C12H13BrClN3. The van der Waals surface area contributed by atoms with E-state index in [4.69, 9.17) is 17.3 Å². The zero-order valence-electron chi connectivity index (χ0n) is 9.40. The maximum absolute atomic E-state index is 6.17. The van der Waals surface area contributed by atoms with Crippen molar-refractivity contribution in [2.45, 2.75) is 12.5 Å². The molecule has 5 heteroatoms. The molecule has 0 aliphatic heterocycles. The Labute approximate surface area is 114 Å². The predicted octanol–water partition coefficient (Wildman–Crippen LogP) is 3.08. The summed E-state index contributed by atoms with van der Waals surface area (Å²) in [5.41, 5.74) is 7.10. The molecule has 2 rings (SSSR count). The van der Waals surface area contributed by atoms with Crippen LogP contribution >= 0.6 is 27.5 Å². The topological polar surface area (TPSA) is 43.8 Å². The molecule has 0 aliphatic rings. The number of rotatable bonds is 3. The number of nitrogens with two attached hydrogens (primary N) is 1. The smallest absolute Gasteiger partial charge is 0.110 e. The number of benzene rings is 1. The summed E-state index contributed by atoms with van der Waals surface area (Å²) in [7, 11) is 1.96. The Morgan fingerprint density at radius 1 is 1.53 bits per heavy atom. The monoisotopic (exact) mass is 313 g/mol. The molecule has 0 fully saturated rings. The van der Waals surface area contributed by atoms with E-state index in [0.29, 0.717) is 11.4 Å². The van der Waals surface area contributed by atoms with E-state index in [1.165, 1.54) is 0 Å². The fourth-order valence-corrected chi connectivity index (χ4v) is 2.34. The minimum atomic E-state index is -0.152. The first kappa shape index (κ1) is 12.6. The van der Waals surface area contributed by atoms with E-state index >= 15 is 0 Å². The standard InChI is InChI=1S/C12H13BrClN3/c1-17-5-4-16-12(17)7-11(15)9-6-8(13)2-3-10(9)14/h2-6,11H,7,15H2,1H3. The van der Waals surface area contributed by atoms with E-state index in [9.17, 15) is 0 Å². The van der Waals surface area contributed by atoms with Crippen LogP contribution in [0.1, 0.15) is 17.4 Å². The van der Waals surface area contributed by atoms with Crippen LogP contribution in [-0.4, -0.2) is 9.55 Å². The largest absolute Gasteiger partial charge is 0.338 e. The highest BCUT2D eigenvalue weighted by Gasteiger charge is 2.13. The molecule has 17 heavy (non-hydrogen) atoms. The van der Waals surface area contributed by atoms with Crippen LogP contribution in [0.2, 0.25) is 5.02 Å². The number of imidazole rings is 1. The van der Waals surface area contributed by atoms with Gasteiger partial charge in [0.05, 0.1) is 0 Å². The average molecular weight is 315 g/mol. The summed E-state index contributed by atoms with van der Waals surface area (Å²) < 4.78 is 2.94. The fourth-order valence-electron chi connectivity index (χ4n) is 1.70. The van der Waals surface area contributed by atoms with Crippen molar-refractivity contribution in [1.82, 2.24) is 9.55 Å². The van der Waals surface area contributed by atoms with Crippen molar-refractivity contribution >= 4 is 27.5 Å². The van der Waals surface area contributed by atoms with Gasteiger partial charge in [-0.05, 0) is 23.8 Å². The van der Waals surface area contributed by atoms with Crippen molar-refractivity contribution in [1.29, 1.82) is 0 Å². The van der Waals surface area contributed by atoms with Gasteiger partial charge in [-0.3, -0.25) is 0 Å². The third-order valence-electron chi connectivity index (χ3n) is 2.68. The number of aromatic nitrogens is 2. The average Bonchev–Trinajstić information content (AvgIpc) is 2.68. The maximum atomic E-state index is 6.17. The van der Waals surface area contributed by atoms with E-state index in [-0.39, 0.29) is 6.04 Å².